The number of nitrogens with two attached hydrogens (primary N) is 1. The number of nitrogen functional groups attached to an aromatic ring is 1. The Morgan fingerprint density at radius 1 is 1.27 bits per heavy atom. The van der Waals surface area contributed by atoms with Crippen molar-refractivity contribution < 1.29 is 13.5 Å². The molecule has 3 heterocycles. The fourth-order valence-corrected chi connectivity index (χ4v) is 3.00. The molecule has 150 valence electrons. The summed E-state index contributed by atoms with van der Waals surface area (Å²) in [6.07, 6.45) is 3.90. The topological polar surface area (TPSA) is 129 Å². The highest BCUT2D eigenvalue weighted by atomic mass is 19.1. The fraction of sp³-hybridized carbons (Fsp3) is 0.150. The number of nitrogens with zero attached hydrogens (tertiary/aromatic N) is 6. The average molecular weight is 405 g/mol. The number of rotatable bonds is 5. The highest BCUT2D eigenvalue weighted by Crippen LogP contribution is 2.33. The minimum absolute atomic E-state index is 0.134. The van der Waals surface area contributed by atoms with Gasteiger partial charge < -0.3 is 14.9 Å². The Labute approximate surface area is 170 Å². The molecule has 1 unspecified atom stereocenters. The van der Waals surface area contributed by atoms with E-state index in [-0.39, 0.29) is 23.0 Å². The van der Waals surface area contributed by atoms with Gasteiger partial charge in [0.1, 0.15) is 18.0 Å². The molecule has 10 heteroatoms. The number of aromatic nitrogens is 5. The molecule has 4 rings (SSSR count). The first-order valence-corrected chi connectivity index (χ1v) is 8.92. The van der Waals surface area contributed by atoms with E-state index >= 15 is 0 Å². The molecule has 0 aliphatic rings. The van der Waals surface area contributed by atoms with Crippen LogP contribution in [0.1, 0.15) is 30.2 Å². The van der Waals surface area contributed by atoms with E-state index in [0.717, 1.165) is 0 Å². The van der Waals surface area contributed by atoms with Crippen LogP contribution in [0.2, 0.25) is 0 Å². The van der Waals surface area contributed by atoms with Crippen LogP contribution in [0.25, 0.3) is 17.0 Å². The smallest absolute Gasteiger partial charge is 0.193 e. The Morgan fingerprint density at radius 2 is 2.03 bits per heavy atom. The number of anilines is 1. The van der Waals surface area contributed by atoms with Gasteiger partial charge in [0, 0.05) is 24.2 Å². The van der Waals surface area contributed by atoms with Gasteiger partial charge in [-0.3, -0.25) is 0 Å². The van der Waals surface area contributed by atoms with Crippen LogP contribution in [0.3, 0.4) is 0 Å². The molecular weight excluding hydrogens is 389 g/mol. The average Bonchev–Trinajstić information content (AvgIpc) is 3.39. The molecule has 1 atom stereocenters. The zero-order valence-corrected chi connectivity index (χ0v) is 16.1. The van der Waals surface area contributed by atoms with Crippen LogP contribution in [0, 0.1) is 24.1 Å². The largest absolute Gasteiger partial charge is 0.482 e. The number of benzene rings is 1. The first-order valence-electron chi connectivity index (χ1n) is 8.92. The summed E-state index contributed by atoms with van der Waals surface area (Å²) in [4.78, 5) is 9.54. The molecule has 0 aliphatic carbocycles. The lowest BCUT2D eigenvalue weighted by molar-refractivity contribution is 0.226. The maximum atomic E-state index is 13.9. The summed E-state index contributed by atoms with van der Waals surface area (Å²) in [7, 11) is 0. The van der Waals surface area contributed by atoms with Crippen molar-refractivity contribution in [1.29, 1.82) is 5.26 Å². The van der Waals surface area contributed by atoms with Crippen LogP contribution < -0.4 is 10.5 Å². The number of aryl methyl sites for hydroxylation is 1. The minimum atomic E-state index is -0.618. The van der Waals surface area contributed by atoms with Crippen LogP contribution in [0.5, 0.6) is 5.75 Å². The van der Waals surface area contributed by atoms with Gasteiger partial charge in [-0.2, -0.15) is 20.3 Å². The summed E-state index contributed by atoms with van der Waals surface area (Å²) < 4.78 is 25.5. The molecule has 0 aliphatic heterocycles. The Kier molecular flexibility index (Phi) is 4.85. The monoisotopic (exact) mass is 405 g/mol. The molecular formula is C20H16FN7O2. The molecule has 1 aromatic carbocycles. The number of nitriles is 1. The molecule has 0 radical (unpaired) electrons. The third-order valence-corrected chi connectivity index (χ3v) is 4.35. The second kappa shape index (κ2) is 7.63. The normalized spacial score (nSPS) is 11.8. The van der Waals surface area contributed by atoms with Crippen molar-refractivity contribution in [3.05, 3.63) is 65.8 Å². The third kappa shape index (κ3) is 3.56. The van der Waals surface area contributed by atoms with Crippen LogP contribution in [-0.4, -0.2) is 25.0 Å². The highest BCUT2D eigenvalue weighted by Gasteiger charge is 2.20. The van der Waals surface area contributed by atoms with Gasteiger partial charge in [-0.15, -0.1) is 0 Å². The van der Waals surface area contributed by atoms with Crippen molar-refractivity contribution in [2.24, 2.45) is 0 Å². The van der Waals surface area contributed by atoms with E-state index in [9.17, 15) is 9.65 Å². The molecule has 0 bridgehead atoms. The molecule has 9 nitrogen and oxygen atoms in total. The Bertz CT molecular complexity index is 1240. The number of hydrogen-bond acceptors (Lipinski definition) is 8. The first-order chi connectivity index (χ1) is 14.5. The number of pyridine rings is 1. The molecule has 0 fully saturated rings. The van der Waals surface area contributed by atoms with E-state index < -0.39 is 11.9 Å². The van der Waals surface area contributed by atoms with Crippen LogP contribution in [-0.2, 0) is 0 Å². The summed E-state index contributed by atoms with van der Waals surface area (Å²) in [6.45, 7) is 3.39. The lowest BCUT2D eigenvalue weighted by Crippen LogP contribution is -2.11. The zero-order valence-electron chi connectivity index (χ0n) is 16.1. The van der Waals surface area contributed by atoms with E-state index in [4.69, 9.17) is 14.9 Å². The Morgan fingerprint density at radius 3 is 2.77 bits per heavy atom. The third-order valence-electron chi connectivity index (χ3n) is 4.35. The highest BCUT2D eigenvalue weighted by molar-refractivity contribution is 5.66. The van der Waals surface area contributed by atoms with E-state index in [2.05, 4.69) is 20.2 Å². The van der Waals surface area contributed by atoms with Gasteiger partial charge in [0.15, 0.2) is 28.9 Å². The maximum Gasteiger partial charge on any atom is 0.193 e. The Balaban J connectivity index is 1.70. The molecule has 0 amide bonds. The molecule has 3 aromatic heterocycles. The number of hydrogen-bond donors (Lipinski definition) is 1. The first kappa shape index (κ1) is 19.1. The number of ether oxygens (including phenoxy) is 1. The molecule has 0 spiro atoms. The summed E-state index contributed by atoms with van der Waals surface area (Å²) in [6, 6.07) is 7.82. The van der Waals surface area contributed by atoms with Crippen molar-refractivity contribution in [2.45, 2.75) is 20.0 Å². The van der Waals surface area contributed by atoms with Gasteiger partial charge >= 0.3 is 0 Å². The zero-order chi connectivity index (χ0) is 21.3. The van der Waals surface area contributed by atoms with Gasteiger partial charge in [-0.05, 0) is 31.2 Å². The summed E-state index contributed by atoms with van der Waals surface area (Å²) in [5, 5.41) is 17.5. The van der Waals surface area contributed by atoms with Crippen molar-refractivity contribution in [2.75, 3.05) is 5.73 Å². The molecule has 2 N–H and O–H groups in total. The van der Waals surface area contributed by atoms with Gasteiger partial charge in [-0.25, -0.2) is 14.4 Å². The standard InChI is InChI=1S/C20H16FN7O2/c1-11(15-8-14(21)3-4-17(15)28-25-5-6-26-28)29-18-7-13(10-24-20(18)23)19-16(9-22)27-12(2)30-19/h3-8,10-11H,1-2H3,(H2,23,24). The van der Waals surface area contributed by atoms with E-state index in [1.165, 1.54) is 35.5 Å². The van der Waals surface area contributed by atoms with Gasteiger partial charge in [0.2, 0.25) is 0 Å². The molecule has 30 heavy (non-hydrogen) atoms. The van der Waals surface area contributed by atoms with Gasteiger partial charge in [0.25, 0.3) is 0 Å². The second-order valence-electron chi connectivity index (χ2n) is 6.41. The van der Waals surface area contributed by atoms with Crippen molar-refractivity contribution in [1.82, 2.24) is 25.0 Å². The predicted molar refractivity (Wildman–Crippen MR) is 104 cm³/mol. The van der Waals surface area contributed by atoms with E-state index in [0.29, 0.717) is 22.7 Å². The van der Waals surface area contributed by atoms with E-state index in [1.807, 2.05) is 6.07 Å². The summed E-state index contributed by atoms with van der Waals surface area (Å²) >= 11 is 0. The number of halogens is 1. The van der Waals surface area contributed by atoms with Gasteiger partial charge in [0.05, 0.1) is 18.1 Å². The van der Waals surface area contributed by atoms with Crippen molar-refractivity contribution >= 4 is 5.82 Å². The molecule has 0 saturated carbocycles. The fourth-order valence-electron chi connectivity index (χ4n) is 3.00. The molecule has 4 aromatic rings. The van der Waals surface area contributed by atoms with Crippen molar-refractivity contribution in [3.63, 3.8) is 0 Å². The Hall–Kier alpha value is -4.26. The molecule has 0 saturated heterocycles. The van der Waals surface area contributed by atoms with Crippen molar-refractivity contribution in [3.8, 4) is 28.8 Å². The number of oxazole rings is 1. The van der Waals surface area contributed by atoms with Gasteiger partial charge in [-0.1, -0.05) is 0 Å². The maximum absolute atomic E-state index is 13.9. The predicted octanol–water partition coefficient (Wildman–Crippen LogP) is 3.36. The second-order valence-corrected chi connectivity index (χ2v) is 6.41. The van der Waals surface area contributed by atoms with E-state index in [1.54, 1.807) is 26.0 Å². The minimum Gasteiger partial charge on any atom is -0.482 e. The quantitative estimate of drug-likeness (QED) is 0.535. The van der Waals surface area contributed by atoms with Crippen LogP contribution >= 0.6 is 0 Å². The lowest BCUT2D eigenvalue weighted by atomic mass is 10.1. The van der Waals surface area contributed by atoms with Crippen LogP contribution in [0.4, 0.5) is 10.2 Å². The summed E-state index contributed by atoms with van der Waals surface area (Å²) in [5.74, 6) is 0.585. The lowest BCUT2D eigenvalue weighted by Gasteiger charge is -2.19. The SMILES string of the molecule is Cc1nc(C#N)c(-c2cnc(N)c(OC(C)c3cc(F)ccc3-n3nccn3)c2)o1. The summed E-state index contributed by atoms with van der Waals surface area (Å²) in [5.41, 5.74) is 7.68. The van der Waals surface area contributed by atoms with Crippen LogP contribution in [0.15, 0.2) is 47.3 Å².